The van der Waals surface area contributed by atoms with E-state index in [4.69, 9.17) is 4.74 Å². The molecule has 1 fully saturated rings. The summed E-state index contributed by atoms with van der Waals surface area (Å²) in [6.45, 7) is 0. The third-order valence-corrected chi connectivity index (χ3v) is 4.33. The predicted molar refractivity (Wildman–Crippen MR) is 85.8 cm³/mol. The van der Waals surface area contributed by atoms with E-state index in [2.05, 4.69) is 15.4 Å². The summed E-state index contributed by atoms with van der Waals surface area (Å²) in [5, 5.41) is 16.6. The number of hydrogen-bond donors (Lipinski definition) is 3. The molecule has 128 valence electrons. The van der Waals surface area contributed by atoms with Gasteiger partial charge in [-0.3, -0.25) is 14.3 Å². The quantitative estimate of drug-likeness (QED) is 0.732. The lowest BCUT2D eigenvalue weighted by Gasteiger charge is -2.37. The van der Waals surface area contributed by atoms with Gasteiger partial charge >= 0.3 is 0 Å². The summed E-state index contributed by atoms with van der Waals surface area (Å²) in [4.78, 5) is 27.1. The van der Waals surface area contributed by atoms with Gasteiger partial charge in [-0.2, -0.15) is 5.10 Å². The maximum Gasteiger partial charge on any atom is 0.268 e. The molecule has 2 heterocycles. The fourth-order valence-corrected chi connectivity index (χ4v) is 2.94. The van der Waals surface area contributed by atoms with Crippen molar-refractivity contribution in [1.29, 1.82) is 0 Å². The van der Waals surface area contributed by atoms with Crippen LogP contribution in [0.4, 0.5) is 0 Å². The first-order valence-electron chi connectivity index (χ1n) is 7.72. The molecule has 8 heteroatoms. The largest absolute Gasteiger partial charge is 0.491 e. The molecule has 0 radical (unpaired) electrons. The zero-order valence-electron chi connectivity index (χ0n) is 13.5. The van der Waals surface area contributed by atoms with Crippen LogP contribution in [0.25, 0.3) is 0 Å². The second kappa shape index (κ2) is 6.48. The van der Waals surface area contributed by atoms with E-state index in [1.807, 2.05) is 6.20 Å². The summed E-state index contributed by atoms with van der Waals surface area (Å²) in [6, 6.07) is 0.949. The second-order valence-corrected chi connectivity index (χ2v) is 6.06. The smallest absolute Gasteiger partial charge is 0.268 e. The normalized spacial score (nSPS) is 21.0. The first-order valence-corrected chi connectivity index (χ1v) is 7.72. The number of aryl methyl sites for hydroxylation is 1. The number of carbonyl (C=O) groups excluding carboxylic acids is 1. The maximum atomic E-state index is 12.5. The van der Waals surface area contributed by atoms with Gasteiger partial charge < -0.3 is 20.1 Å². The highest BCUT2D eigenvalue weighted by atomic mass is 16.5. The topological polar surface area (TPSA) is 109 Å². The third-order valence-electron chi connectivity index (χ3n) is 4.33. The molecule has 2 aromatic rings. The molecule has 3 rings (SSSR count). The Morgan fingerprint density at radius 2 is 2.29 bits per heavy atom. The number of ether oxygens (including phenoxy) is 1. The van der Waals surface area contributed by atoms with Crippen LogP contribution in [0, 0.1) is 5.92 Å². The van der Waals surface area contributed by atoms with Crippen LogP contribution < -0.4 is 15.5 Å². The summed E-state index contributed by atoms with van der Waals surface area (Å²) in [5.74, 6) is -0.0967. The van der Waals surface area contributed by atoms with Crippen molar-refractivity contribution in [3.63, 3.8) is 0 Å². The number of pyridine rings is 1. The van der Waals surface area contributed by atoms with E-state index in [1.165, 1.54) is 19.4 Å². The van der Waals surface area contributed by atoms with Crippen molar-refractivity contribution in [3.05, 3.63) is 46.1 Å². The number of methoxy groups -OCH3 is 1. The van der Waals surface area contributed by atoms with Crippen LogP contribution in [0.5, 0.6) is 5.75 Å². The van der Waals surface area contributed by atoms with Crippen molar-refractivity contribution in [2.45, 2.75) is 25.0 Å². The summed E-state index contributed by atoms with van der Waals surface area (Å²) in [7, 11) is 3.20. The number of H-pyrrole nitrogens is 1. The summed E-state index contributed by atoms with van der Waals surface area (Å²) >= 11 is 0. The molecule has 8 nitrogen and oxygen atoms in total. The van der Waals surface area contributed by atoms with Gasteiger partial charge in [-0.15, -0.1) is 0 Å². The van der Waals surface area contributed by atoms with Gasteiger partial charge in [-0.25, -0.2) is 0 Å². The van der Waals surface area contributed by atoms with E-state index in [9.17, 15) is 14.7 Å². The van der Waals surface area contributed by atoms with Crippen LogP contribution in [0.3, 0.4) is 0 Å². The number of amides is 1. The molecule has 1 unspecified atom stereocenters. The van der Waals surface area contributed by atoms with Crippen LogP contribution >= 0.6 is 0 Å². The van der Waals surface area contributed by atoms with Gasteiger partial charge in [-0.05, 0) is 18.8 Å². The zero-order valence-corrected chi connectivity index (χ0v) is 13.5. The minimum Gasteiger partial charge on any atom is -0.491 e. The van der Waals surface area contributed by atoms with Crippen LogP contribution in [0.1, 0.15) is 34.9 Å². The molecule has 3 N–H and O–H groups in total. The lowest BCUT2D eigenvalue weighted by Crippen LogP contribution is -2.41. The number of aliphatic hydroxyl groups is 1. The number of rotatable bonds is 5. The number of aromatic nitrogens is 3. The highest BCUT2D eigenvalue weighted by molar-refractivity contribution is 5.92. The van der Waals surface area contributed by atoms with E-state index in [1.54, 1.807) is 17.9 Å². The van der Waals surface area contributed by atoms with Crippen LogP contribution in [0.15, 0.2) is 29.5 Å². The molecule has 1 aliphatic rings. The van der Waals surface area contributed by atoms with Gasteiger partial charge in [0, 0.05) is 31.1 Å². The average Bonchev–Trinajstić information content (AvgIpc) is 2.96. The first-order chi connectivity index (χ1) is 11.5. The molecule has 1 saturated carbocycles. The molecule has 1 amide bonds. The lowest BCUT2D eigenvalue weighted by atomic mass is 9.75. The standard InChI is InChI=1S/C16H20N4O4/c1-20-8-10(6-18-20)15(9-3-11(21)4-9)19-16(23)12-5-13(22)14(24-2)7-17-12/h5-9,11,15,21H,3-4H2,1-2H3,(H,17,22)(H,19,23). The Hall–Kier alpha value is -2.61. The molecule has 0 aliphatic heterocycles. The van der Waals surface area contributed by atoms with E-state index in [0.717, 1.165) is 5.56 Å². The first kappa shape index (κ1) is 16.3. The van der Waals surface area contributed by atoms with E-state index in [-0.39, 0.29) is 40.8 Å². The molecule has 1 atom stereocenters. The molecule has 0 bridgehead atoms. The number of aromatic amines is 1. The average molecular weight is 332 g/mol. The fourth-order valence-electron chi connectivity index (χ4n) is 2.94. The minimum absolute atomic E-state index is 0.137. The third kappa shape index (κ3) is 3.18. The monoisotopic (exact) mass is 332 g/mol. The van der Waals surface area contributed by atoms with E-state index in [0.29, 0.717) is 12.8 Å². The van der Waals surface area contributed by atoms with Crippen molar-refractivity contribution >= 4 is 5.91 Å². The Kier molecular flexibility index (Phi) is 4.39. The number of nitrogens with one attached hydrogen (secondary N) is 2. The van der Waals surface area contributed by atoms with Gasteiger partial charge in [0.05, 0.1) is 25.5 Å². The van der Waals surface area contributed by atoms with E-state index >= 15 is 0 Å². The van der Waals surface area contributed by atoms with Crippen LogP contribution in [-0.2, 0) is 7.05 Å². The van der Waals surface area contributed by atoms with Gasteiger partial charge in [0.1, 0.15) is 5.69 Å². The molecule has 0 saturated heterocycles. The van der Waals surface area contributed by atoms with Crippen molar-refractivity contribution < 1.29 is 14.6 Å². The Morgan fingerprint density at radius 1 is 1.54 bits per heavy atom. The predicted octanol–water partition coefficient (Wildman–Crippen LogP) is 0.359. The number of nitrogens with zero attached hydrogens (tertiary/aromatic N) is 2. The molecular formula is C16H20N4O4. The molecule has 0 aromatic carbocycles. The SMILES string of the molecule is COc1c[nH]c(C(=O)NC(c2cnn(C)c2)C2CC(O)C2)cc1=O. The molecule has 24 heavy (non-hydrogen) atoms. The van der Waals surface area contributed by atoms with E-state index < -0.39 is 0 Å². The Morgan fingerprint density at radius 3 is 2.83 bits per heavy atom. The molecule has 1 aliphatic carbocycles. The van der Waals surface area contributed by atoms with Gasteiger partial charge in [0.25, 0.3) is 5.91 Å². The van der Waals surface area contributed by atoms with Crippen molar-refractivity contribution in [3.8, 4) is 5.75 Å². The van der Waals surface area contributed by atoms with Crippen molar-refractivity contribution in [1.82, 2.24) is 20.1 Å². The number of carbonyl (C=O) groups is 1. The Bertz CT molecular complexity index is 791. The highest BCUT2D eigenvalue weighted by Crippen LogP contribution is 2.38. The van der Waals surface area contributed by atoms with Gasteiger partial charge in [0.15, 0.2) is 5.75 Å². The van der Waals surface area contributed by atoms with Crippen LogP contribution in [0.2, 0.25) is 0 Å². The molecule has 0 spiro atoms. The van der Waals surface area contributed by atoms with Crippen molar-refractivity contribution in [2.75, 3.05) is 7.11 Å². The minimum atomic E-state index is -0.384. The summed E-state index contributed by atoms with van der Waals surface area (Å²) in [6.07, 6.45) is 5.83. The van der Waals surface area contributed by atoms with Crippen LogP contribution in [-0.4, -0.2) is 39.0 Å². The number of aliphatic hydroxyl groups excluding tert-OH is 1. The highest BCUT2D eigenvalue weighted by Gasteiger charge is 2.36. The summed E-state index contributed by atoms with van der Waals surface area (Å²) < 4.78 is 6.56. The fraction of sp³-hybridized carbons (Fsp3) is 0.438. The zero-order chi connectivity index (χ0) is 17.3. The Balaban J connectivity index is 1.80. The summed E-state index contributed by atoms with van der Waals surface area (Å²) in [5.41, 5.74) is 0.673. The van der Waals surface area contributed by atoms with Gasteiger partial charge in [-0.1, -0.05) is 0 Å². The maximum absolute atomic E-state index is 12.5. The number of hydrogen-bond acceptors (Lipinski definition) is 5. The molecule has 2 aromatic heterocycles. The van der Waals surface area contributed by atoms with Gasteiger partial charge in [0.2, 0.25) is 5.43 Å². The molecular weight excluding hydrogens is 312 g/mol. The Labute approximate surface area is 138 Å². The lowest BCUT2D eigenvalue weighted by molar-refractivity contribution is 0.0234. The second-order valence-electron chi connectivity index (χ2n) is 6.06. The van der Waals surface area contributed by atoms with Crippen molar-refractivity contribution in [2.24, 2.45) is 13.0 Å².